The lowest BCUT2D eigenvalue weighted by Crippen LogP contribution is -2.22. The molecule has 3 aromatic rings. The maximum Gasteiger partial charge on any atom is 0.293 e. The van der Waals surface area contributed by atoms with Crippen LogP contribution in [0.5, 0.6) is 5.75 Å². The maximum atomic E-state index is 12.1. The topological polar surface area (TPSA) is 46.6 Å². The molecule has 0 aliphatic carbocycles. The van der Waals surface area contributed by atoms with Crippen molar-refractivity contribution in [1.29, 1.82) is 0 Å². The van der Waals surface area contributed by atoms with Crippen LogP contribution < -0.4 is 4.74 Å². The molecule has 3 aromatic carbocycles. The summed E-state index contributed by atoms with van der Waals surface area (Å²) in [7, 11) is 1.46. The van der Waals surface area contributed by atoms with E-state index in [0.717, 1.165) is 27.6 Å². The number of ether oxygens (including phenoxy) is 1. The molecule has 0 saturated carbocycles. The number of likely N-dealkylation sites (N-methyl/N-ethyl adjacent to an activating group) is 1. The van der Waals surface area contributed by atoms with Gasteiger partial charge in [-0.3, -0.25) is 14.5 Å². The highest BCUT2D eigenvalue weighted by molar-refractivity contribution is 9.10. The summed E-state index contributed by atoms with van der Waals surface area (Å²) in [4.78, 5) is 25.2. The number of rotatable bonds is 4. The second-order valence-electron chi connectivity index (χ2n) is 6.52. The van der Waals surface area contributed by atoms with Crippen LogP contribution in [0.1, 0.15) is 11.1 Å². The van der Waals surface area contributed by atoms with Crippen molar-refractivity contribution in [2.75, 3.05) is 7.05 Å². The van der Waals surface area contributed by atoms with Crippen LogP contribution in [0.4, 0.5) is 4.79 Å². The summed E-state index contributed by atoms with van der Waals surface area (Å²) < 4.78 is 6.62. The van der Waals surface area contributed by atoms with Crippen LogP contribution in [-0.4, -0.2) is 23.1 Å². The number of amides is 2. The number of hydrogen-bond donors (Lipinski definition) is 0. The third-order valence-corrected chi connectivity index (χ3v) is 6.33. The SMILES string of the molecule is CN1C(=O)S/C(=C\c2cc(Cl)c(OCc3ccc4ccccc4c3)c(Br)c2)C1=O. The number of hydrogen-bond acceptors (Lipinski definition) is 4. The largest absolute Gasteiger partial charge is 0.486 e. The highest BCUT2D eigenvalue weighted by Gasteiger charge is 2.31. The minimum absolute atomic E-state index is 0.290. The fourth-order valence-corrected chi connectivity index (χ4v) is 4.80. The van der Waals surface area contributed by atoms with Crippen molar-refractivity contribution in [1.82, 2.24) is 4.90 Å². The minimum atomic E-state index is -0.316. The molecule has 0 radical (unpaired) electrons. The molecule has 0 unspecified atom stereocenters. The summed E-state index contributed by atoms with van der Waals surface area (Å²) in [6, 6.07) is 17.9. The van der Waals surface area contributed by atoms with Crippen molar-refractivity contribution >= 4 is 67.3 Å². The Morgan fingerprint density at radius 3 is 2.55 bits per heavy atom. The zero-order chi connectivity index (χ0) is 20.5. The molecule has 0 N–H and O–H groups in total. The molecule has 1 heterocycles. The predicted molar refractivity (Wildman–Crippen MR) is 121 cm³/mol. The molecule has 1 aliphatic rings. The number of carbonyl (C=O) groups excluding carboxylic acids is 2. The third kappa shape index (κ3) is 4.20. The Hall–Kier alpha value is -2.28. The number of nitrogens with zero attached hydrogens (tertiary/aromatic N) is 1. The maximum absolute atomic E-state index is 12.1. The van der Waals surface area contributed by atoms with E-state index in [2.05, 4.69) is 40.2 Å². The summed E-state index contributed by atoms with van der Waals surface area (Å²) in [5.41, 5.74) is 1.74. The number of benzene rings is 3. The van der Waals surface area contributed by atoms with Gasteiger partial charge >= 0.3 is 0 Å². The monoisotopic (exact) mass is 487 g/mol. The van der Waals surface area contributed by atoms with Gasteiger partial charge in [0.25, 0.3) is 11.1 Å². The van der Waals surface area contributed by atoms with Crippen molar-refractivity contribution in [3.63, 3.8) is 0 Å². The molecule has 4 rings (SSSR count). The van der Waals surface area contributed by atoms with Crippen molar-refractivity contribution in [2.24, 2.45) is 0 Å². The number of halogens is 2. The Bertz CT molecular complexity index is 1150. The lowest BCUT2D eigenvalue weighted by atomic mass is 10.1. The Morgan fingerprint density at radius 1 is 1.10 bits per heavy atom. The molecule has 4 nitrogen and oxygen atoms in total. The molecule has 0 bridgehead atoms. The van der Waals surface area contributed by atoms with Gasteiger partial charge in [0.1, 0.15) is 6.61 Å². The number of imide groups is 1. The van der Waals surface area contributed by atoms with Gasteiger partial charge in [0.2, 0.25) is 0 Å². The summed E-state index contributed by atoms with van der Waals surface area (Å²) >= 11 is 10.8. The second kappa shape index (κ2) is 8.22. The standard InChI is InChI=1S/C22H15BrClNO3S/c1-25-21(26)19(29-22(25)27)11-14-9-17(23)20(18(24)10-14)28-12-13-6-7-15-4-2-3-5-16(15)8-13/h2-11H,12H2,1H3/b19-11-. The van der Waals surface area contributed by atoms with Crippen molar-refractivity contribution in [2.45, 2.75) is 6.61 Å². The summed E-state index contributed by atoms with van der Waals surface area (Å²) in [5, 5.41) is 2.46. The van der Waals surface area contributed by atoms with Gasteiger partial charge in [0.15, 0.2) is 5.75 Å². The van der Waals surface area contributed by atoms with E-state index in [1.807, 2.05) is 24.3 Å². The van der Waals surface area contributed by atoms with Gasteiger partial charge in [0, 0.05) is 7.05 Å². The van der Waals surface area contributed by atoms with Crippen LogP contribution in [0, 0.1) is 0 Å². The molecular weight excluding hydrogens is 474 g/mol. The van der Waals surface area contributed by atoms with E-state index in [0.29, 0.717) is 32.3 Å². The Balaban J connectivity index is 1.54. The number of fused-ring (bicyclic) bond motifs is 1. The lowest BCUT2D eigenvalue weighted by Gasteiger charge is -2.12. The molecule has 7 heteroatoms. The van der Waals surface area contributed by atoms with E-state index in [1.54, 1.807) is 12.1 Å². The van der Waals surface area contributed by atoms with E-state index in [4.69, 9.17) is 16.3 Å². The van der Waals surface area contributed by atoms with Gasteiger partial charge in [0.05, 0.1) is 14.4 Å². The number of thioether (sulfide) groups is 1. The van der Waals surface area contributed by atoms with E-state index in [1.165, 1.54) is 12.4 Å². The van der Waals surface area contributed by atoms with Crippen LogP contribution in [0.25, 0.3) is 16.8 Å². The molecule has 1 fully saturated rings. The van der Waals surface area contributed by atoms with Crippen molar-refractivity contribution in [3.8, 4) is 5.75 Å². The van der Waals surface area contributed by atoms with Gasteiger partial charge in [-0.1, -0.05) is 48.0 Å². The summed E-state index contributed by atoms with van der Waals surface area (Å²) in [5.74, 6) is 0.212. The van der Waals surface area contributed by atoms with Crippen LogP contribution in [0.2, 0.25) is 5.02 Å². The fraction of sp³-hybridized carbons (Fsp3) is 0.0909. The quantitative estimate of drug-likeness (QED) is 0.393. The fourth-order valence-electron chi connectivity index (χ4n) is 2.98. The first-order chi connectivity index (χ1) is 13.9. The zero-order valence-corrected chi connectivity index (χ0v) is 18.5. The Morgan fingerprint density at radius 2 is 1.86 bits per heavy atom. The molecule has 29 heavy (non-hydrogen) atoms. The summed E-state index contributed by atoms with van der Waals surface area (Å²) in [6.07, 6.45) is 1.65. The molecular formula is C22H15BrClNO3S. The smallest absolute Gasteiger partial charge is 0.293 e. The molecule has 0 aromatic heterocycles. The normalized spacial score (nSPS) is 15.6. The van der Waals surface area contributed by atoms with Crippen LogP contribution in [-0.2, 0) is 11.4 Å². The highest BCUT2D eigenvalue weighted by atomic mass is 79.9. The van der Waals surface area contributed by atoms with Gasteiger partial charge in [-0.2, -0.15) is 0 Å². The zero-order valence-electron chi connectivity index (χ0n) is 15.3. The van der Waals surface area contributed by atoms with Crippen LogP contribution in [0.3, 0.4) is 0 Å². The average Bonchev–Trinajstić information content (AvgIpc) is 2.94. The number of carbonyl (C=O) groups is 2. The average molecular weight is 489 g/mol. The first-order valence-corrected chi connectivity index (χ1v) is 10.7. The van der Waals surface area contributed by atoms with Crippen LogP contribution >= 0.6 is 39.3 Å². The minimum Gasteiger partial charge on any atom is -0.486 e. The summed E-state index contributed by atoms with van der Waals surface area (Å²) in [6.45, 7) is 0.372. The van der Waals surface area contributed by atoms with E-state index < -0.39 is 0 Å². The molecule has 1 aliphatic heterocycles. The third-order valence-electron chi connectivity index (χ3n) is 4.50. The lowest BCUT2D eigenvalue weighted by molar-refractivity contribution is -0.121. The molecule has 0 atom stereocenters. The molecule has 0 spiro atoms. The Labute approximate surface area is 185 Å². The molecule has 146 valence electrons. The van der Waals surface area contributed by atoms with E-state index in [9.17, 15) is 9.59 Å². The van der Waals surface area contributed by atoms with Crippen LogP contribution in [0.15, 0.2) is 64.0 Å². The Kier molecular flexibility index (Phi) is 5.67. The first-order valence-electron chi connectivity index (χ1n) is 8.73. The van der Waals surface area contributed by atoms with E-state index >= 15 is 0 Å². The van der Waals surface area contributed by atoms with Crippen molar-refractivity contribution in [3.05, 3.63) is 80.1 Å². The van der Waals surface area contributed by atoms with Gasteiger partial charge in [-0.25, -0.2) is 0 Å². The van der Waals surface area contributed by atoms with E-state index in [-0.39, 0.29) is 11.1 Å². The molecule has 1 saturated heterocycles. The van der Waals surface area contributed by atoms with Crippen molar-refractivity contribution < 1.29 is 14.3 Å². The van der Waals surface area contributed by atoms with Gasteiger partial charge < -0.3 is 4.74 Å². The second-order valence-corrected chi connectivity index (χ2v) is 8.78. The predicted octanol–water partition coefficient (Wildman–Crippen LogP) is 6.50. The molecule has 2 amide bonds. The highest BCUT2D eigenvalue weighted by Crippen LogP contribution is 2.37. The first kappa shape index (κ1) is 20.0. The van der Waals surface area contributed by atoms with Gasteiger partial charge in [-0.15, -0.1) is 0 Å². The van der Waals surface area contributed by atoms with Gasteiger partial charge in [-0.05, 0) is 73.9 Å².